The van der Waals surface area contributed by atoms with Crippen molar-refractivity contribution in [3.8, 4) is 23.3 Å². The van der Waals surface area contributed by atoms with Gasteiger partial charge in [-0.1, -0.05) is 6.07 Å². The van der Waals surface area contributed by atoms with Gasteiger partial charge in [0.15, 0.2) is 5.75 Å². The lowest BCUT2D eigenvalue weighted by molar-refractivity contribution is -0.385. The van der Waals surface area contributed by atoms with E-state index in [1.165, 1.54) is 39.5 Å². The van der Waals surface area contributed by atoms with Crippen LogP contribution in [0.3, 0.4) is 0 Å². The first-order valence-corrected chi connectivity index (χ1v) is 7.20. The van der Waals surface area contributed by atoms with Crippen LogP contribution in [-0.4, -0.2) is 26.3 Å². The second-order valence-electron chi connectivity index (χ2n) is 4.93. The van der Waals surface area contributed by atoms with Gasteiger partial charge in [-0.05, 0) is 34.9 Å². The molecule has 2 rings (SSSR count). The Morgan fingerprint density at radius 3 is 2.16 bits per heavy atom. The number of benzene rings is 2. The topological polar surface area (TPSA) is 94.6 Å². The highest BCUT2D eigenvalue weighted by atomic mass is 16.6. The van der Waals surface area contributed by atoms with Crippen LogP contribution in [0.4, 0.5) is 5.69 Å². The standard InChI is InChI=1S/C18H16N2O5/c1-23-14-8-13(9-15(11-14)24-2)16(6-7-19)12-4-5-18(25-3)17(10-12)20(21)22/h4-6,8-11H,1-3H3/b16-6-. The highest BCUT2D eigenvalue weighted by molar-refractivity contribution is 5.83. The summed E-state index contributed by atoms with van der Waals surface area (Å²) < 4.78 is 15.5. The fraction of sp³-hybridized carbons (Fsp3) is 0.167. The van der Waals surface area contributed by atoms with E-state index >= 15 is 0 Å². The van der Waals surface area contributed by atoms with E-state index in [1.54, 1.807) is 24.3 Å². The molecule has 0 aliphatic carbocycles. The molecule has 7 heteroatoms. The Balaban J connectivity index is 2.65. The van der Waals surface area contributed by atoms with Crippen molar-refractivity contribution in [2.75, 3.05) is 21.3 Å². The minimum atomic E-state index is -0.529. The molecular formula is C18H16N2O5. The lowest BCUT2D eigenvalue weighted by atomic mass is 9.96. The van der Waals surface area contributed by atoms with E-state index in [-0.39, 0.29) is 11.4 Å². The molecule has 2 aromatic carbocycles. The average molecular weight is 340 g/mol. The first-order chi connectivity index (χ1) is 12.0. The van der Waals surface area contributed by atoms with E-state index in [4.69, 9.17) is 19.5 Å². The predicted octanol–water partition coefficient (Wildman–Crippen LogP) is 3.58. The van der Waals surface area contributed by atoms with Crippen LogP contribution in [0.2, 0.25) is 0 Å². The number of nitro benzene ring substituents is 1. The van der Waals surface area contributed by atoms with Crippen LogP contribution in [0.5, 0.6) is 17.2 Å². The Labute approximate surface area is 144 Å². The molecule has 0 aliphatic heterocycles. The summed E-state index contributed by atoms with van der Waals surface area (Å²) in [7, 11) is 4.40. The van der Waals surface area contributed by atoms with Gasteiger partial charge in [0, 0.05) is 18.2 Å². The highest BCUT2D eigenvalue weighted by Crippen LogP contribution is 2.35. The maximum atomic E-state index is 11.3. The van der Waals surface area contributed by atoms with E-state index in [2.05, 4.69) is 0 Å². The second-order valence-corrected chi connectivity index (χ2v) is 4.93. The zero-order valence-corrected chi connectivity index (χ0v) is 14.0. The molecule has 0 atom stereocenters. The summed E-state index contributed by atoms with van der Waals surface area (Å²) in [6.07, 6.45) is 1.32. The summed E-state index contributed by atoms with van der Waals surface area (Å²) in [5.74, 6) is 1.23. The van der Waals surface area contributed by atoms with Crippen LogP contribution in [-0.2, 0) is 0 Å². The molecule has 0 aliphatic rings. The lowest BCUT2D eigenvalue weighted by Crippen LogP contribution is -1.97. The van der Waals surface area contributed by atoms with Crippen LogP contribution < -0.4 is 14.2 Å². The Bertz CT molecular complexity index is 846. The van der Waals surface area contributed by atoms with Crippen LogP contribution in [0.15, 0.2) is 42.5 Å². The Morgan fingerprint density at radius 1 is 1.04 bits per heavy atom. The van der Waals surface area contributed by atoms with Gasteiger partial charge in [0.25, 0.3) is 0 Å². The number of rotatable bonds is 6. The van der Waals surface area contributed by atoms with Gasteiger partial charge in [-0.3, -0.25) is 10.1 Å². The van der Waals surface area contributed by atoms with Gasteiger partial charge in [0.05, 0.1) is 32.3 Å². The fourth-order valence-electron chi connectivity index (χ4n) is 2.36. The third-order valence-electron chi connectivity index (χ3n) is 3.56. The Morgan fingerprint density at radius 2 is 1.68 bits per heavy atom. The molecule has 0 saturated heterocycles. The summed E-state index contributed by atoms with van der Waals surface area (Å²) in [6, 6.07) is 11.6. The smallest absolute Gasteiger partial charge is 0.311 e. The molecule has 7 nitrogen and oxygen atoms in total. The number of allylic oxidation sites excluding steroid dienone is 1. The van der Waals surface area contributed by atoms with Crippen LogP contribution in [0.25, 0.3) is 5.57 Å². The summed E-state index contributed by atoms with van der Waals surface area (Å²) in [5, 5.41) is 20.4. The van der Waals surface area contributed by atoms with Gasteiger partial charge >= 0.3 is 5.69 Å². The maximum absolute atomic E-state index is 11.3. The van der Waals surface area contributed by atoms with E-state index in [1.807, 2.05) is 6.07 Å². The molecular weight excluding hydrogens is 324 g/mol. The van der Waals surface area contributed by atoms with Crippen LogP contribution >= 0.6 is 0 Å². The van der Waals surface area contributed by atoms with Crippen molar-refractivity contribution < 1.29 is 19.1 Å². The molecule has 0 N–H and O–H groups in total. The van der Waals surface area contributed by atoms with Crippen molar-refractivity contribution in [3.63, 3.8) is 0 Å². The van der Waals surface area contributed by atoms with Gasteiger partial charge in [0.2, 0.25) is 0 Å². The number of nitriles is 1. The molecule has 25 heavy (non-hydrogen) atoms. The maximum Gasteiger partial charge on any atom is 0.311 e. The molecule has 0 fully saturated rings. The normalized spacial score (nSPS) is 10.7. The summed E-state index contributed by atoms with van der Waals surface area (Å²) >= 11 is 0. The largest absolute Gasteiger partial charge is 0.497 e. The van der Waals surface area contributed by atoms with E-state index < -0.39 is 4.92 Å². The zero-order valence-electron chi connectivity index (χ0n) is 14.0. The molecule has 0 bridgehead atoms. The van der Waals surface area contributed by atoms with E-state index in [9.17, 15) is 10.1 Å². The molecule has 0 saturated carbocycles. The Kier molecular flexibility index (Phi) is 5.58. The molecule has 0 aromatic heterocycles. The lowest BCUT2D eigenvalue weighted by Gasteiger charge is -2.12. The van der Waals surface area contributed by atoms with Crippen molar-refractivity contribution in [3.05, 3.63) is 63.7 Å². The van der Waals surface area contributed by atoms with E-state index in [0.29, 0.717) is 28.2 Å². The number of nitro groups is 1. The quantitative estimate of drug-likeness (QED) is 0.453. The van der Waals surface area contributed by atoms with Crippen molar-refractivity contribution in [2.45, 2.75) is 0 Å². The van der Waals surface area contributed by atoms with Gasteiger partial charge in [-0.15, -0.1) is 0 Å². The van der Waals surface area contributed by atoms with E-state index in [0.717, 1.165) is 0 Å². The van der Waals surface area contributed by atoms with Crippen molar-refractivity contribution >= 4 is 11.3 Å². The predicted molar refractivity (Wildman–Crippen MR) is 91.9 cm³/mol. The van der Waals surface area contributed by atoms with Gasteiger partial charge in [-0.25, -0.2) is 0 Å². The molecule has 0 spiro atoms. The molecule has 128 valence electrons. The van der Waals surface area contributed by atoms with Crippen LogP contribution in [0.1, 0.15) is 11.1 Å². The summed E-state index contributed by atoms with van der Waals surface area (Å²) in [6.45, 7) is 0. The molecule has 0 unspecified atom stereocenters. The highest BCUT2D eigenvalue weighted by Gasteiger charge is 2.18. The SMILES string of the molecule is COc1cc(OC)cc(/C(=C\C#N)c2ccc(OC)c([N+](=O)[O-])c2)c1. The second kappa shape index (κ2) is 7.84. The third kappa shape index (κ3) is 3.87. The first-order valence-electron chi connectivity index (χ1n) is 7.20. The fourth-order valence-corrected chi connectivity index (χ4v) is 2.36. The molecule has 0 heterocycles. The third-order valence-corrected chi connectivity index (χ3v) is 3.56. The van der Waals surface area contributed by atoms with Crippen molar-refractivity contribution in [1.29, 1.82) is 5.26 Å². The average Bonchev–Trinajstić information content (AvgIpc) is 2.64. The zero-order chi connectivity index (χ0) is 18.4. The minimum Gasteiger partial charge on any atom is -0.497 e. The number of hydrogen-bond donors (Lipinski definition) is 0. The Hall–Kier alpha value is -3.53. The summed E-state index contributed by atoms with van der Waals surface area (Å²) in [4.78, 5) is 10.7. The van der Waals surface area contributed by atoms with Crippen LogP contribution in [0, 0.1) is 21.4 Å². The number of methoxy groups -OCH3 is 3. The number of nitrogens with zero attached hydrogens (tertiary/aromatic N) is 2. The summed E-state index contributed by atoms with van der Waals surface area (Å²) in [5.41, 5.74) is 1.46. The van der Waals surface area contributed by atoms with Gasteiger partial charge in [-0.2, -0.15) is 5.26 Å². The molecule has 0 radical (unpaired) electrons. The monoisotopic (exact) mass is 340 g/mol. The molecule has 0 amide bonds. The van der Waals surface area contributed by atoms with Gasteiger partial charge in [0.1, 0.15) is 11.5 Å². The first kappa shape index (κ1) is 17.8. The van der Waals surface area contributed by atoms with Crippen molar-refractivity contribution in [2.24, 2.45) is 0 Å². The number of ether oxygens (including phenoxy) is 3. The van der Waals surface area contributed by atoms with Gasteiger partial charge < -0.3 is 14.2 Å². The van der Waals surface area contributed by atoms with Crippen molar-refractivity contribution in [1.82, 2.24) is 0 Å². The minimum absolute atomic E-state index is 0.147. The molecule has 2 aromatic rings. The number of hydrogen-bond acceptors (Lipinski definition) is 6.